The average Bonchev–Trinajstić information content (AvgIpc) is 3.24. The second-order valence-electron chi connectivity index (χ2n) is 5.81. The summed E-state index contributed by atoms with van der Waals surface area (Å²) < 4.78 is 2.15. The smallest absolute Gasteiger partial charge is 0.141 e. The van der Waals surface area contributed by atoms with Crippen LogP contribution in [0.4, 0.5) is 0 Å². The largest absolute Gasteiger partial charge is 0.307 e. The Balaban J connectivity index is 1.67. The molecule has 0 bridgehead atoms. The first kappa shape index (κ1) is 14.3. The molecule has 0 spiro atoms. The maximum Gasteiger partial charge on any atom is 0.141 e. The zero-order chi connectivity index (χ0) is 14.5. The Morgan fingerprint density at radius 2 is 2.29 bits per heavy atom. The van der Waals surface area contributed by atoms with E-state index < -0.39 is 0 Å². The molecule has 21 heavy (non-hydrogen) atoms. The molecule has 0 amide bonds. The van der Waals surface area contributed by atoms with Crippen molar-refractivity contribution < 1.29 is 0 Å². The van der Waals surface area contributed by atoms with Crippen LogP contribution < -0.4 is 5.32 Å². The first-order valence-electron chi connectivity index (χ1n) is 7.99. The Morgan fingerprint density at radius 3 is 3.00 bits per heavy atom. The van der Waals surface area contributed by atoms with Crippen LogP contribution in [0.1, 0.15) is 62.6 Å². The van der Waals surface area contributed by atoms with Gasteiger partial charge in [0.25, 0.3) is 0 Å². The fraction of sp³-hybridized carbons (Fsp3) is 0.667. The molecule has 1 unspecified atom stereocenters. The van der Waals surface area contributed by atoms with E-state index >= 15 is 0 Å². The van der Waals surface area contributed by atoms with Crippen LogP contribution in [0.2, 0.25) is 0 Å². The highest BCUT2D eigenvalue weighted by atomic mass is 15.3. The van der Waals surface area contributed by atoms with Crippen LogP contribution in [0.25, 0.3) is 0 Å². The van der Waals surface area contributed by atoms with E-state index in [0.717, 1.165) is 30.9 Å². The van der Waals surface area contributed by atoms with Crippen molar-refractivity contribution in [2.45, 2.75) is 57.5 Å². The molecule has 1 aliphatic rings. The van der Waals surface area contributed by atoms with Gasteiger partial charge in [0.2, 0.25) is 0 Å². The predicted octanol–water partition coefficient (Wildman–Crippen LogP) is 2.40. The molecule has 2 aromatic rings. The van der Waals surface area contributed by atoms with Gasteiger partial charge in [0.05, 0.1) is 17.8 Å². The maximum atomic E-state index is 4.76. The normalized spacial score (nSPS) is 17.4. The predicted molar refractivity (Wildman–Crippen MR) is 80.9 cm³/mol. The average molecular weight is 288 g/mol. The van der Waals surface area contributed by atoms with Gasteiger partial charge in [-0.25, -0.2) is 4.98 Å². The molecule has 1 aliphatic carbocycles. The number of nitrogens with one attached hydrogen (secondary N) is 2. The molecule has 2 N–H and O–H groups in total. The third-order valence-electron chi connectivity index (χ3n) is 4.18. The number of H-pyrrole nitrogens is 1. The molecule has 0 aromatic carbocycles. The summed E-state index contributed by atoms with van der Waals surface area (Å²) in [7, 11) is 0. The van der Waals surface area contributed by atoms with Gasteiger partial charge in [-0.15, -0.1) is 0 Å². The van der Waals surface area contributed by atoms with Crippen molar-refractivity contribution in [1.82, 2.24) is 30.3 Å². The van der Waals surface area contributed by atoms with Gasteiger partial charge in [-0.1, -0.05) is 19.8 Å². The highest BCUT2D eigenvalue weighted by molar-refractivity contribution is 5.06. The fourth-order valence-electron chi connectivity index (χ4n) is 3.03. The van der Waals surface area contributed by atoms with Crippen LogP contribution >= 0.6 is 0 Å². The third-order valence-corrected chi connectivity index (χ3v) is 4.18. The van der Waals surface area contributed by atoms with E-state index in [4.69, 9.17) is 5.10 Å². The SMILES string of the molecule is CCCNC(Cc1ccn(C2CCCC2)n1)c1ncn[nH]1. The molecule has 1 saturated carbocycles. The summed E-state index contributed by atoms with van der Waals surface area (Å²) in [6, 6.07) is 2.89. The lowest BCUT2D eigenvalue weighted by Gasteiger charge is -2.15. The number of hydrogen-bond donors (Lipinski definition) is 2. The Kier molecular flexibility index (Phi) is 4.65. The summed E-state index contributed by atoms with van der Waals surface area (Å²) in [4.78, 5) is 4.29. The minimum Gasteiger partial charge on any atom is -0.307 e. The summed E-state index contributed by atoms with van der Waals surface area (Å²) >= 11 is 0. The van der Waals surface area contributed by atoms with Gasteiger partial charge in [0.15, 0.2) is 0 Å². The molecule has 0 saturated heterocycles. The number of rotatable bonds is 7. The van der Waals surface area contributed by atoms with Gasteiger partial charge in [-0.05, 0) is 31.9 Å². The first-order chi connectivity index (χ1) is 10.4. The highest BCUT2D eigenvalue weighted by Crippen LogP contribution is 2.29. The number of nitrogens with zero attached hydrogens (tertiary/aromatic N) is 4. The zero-order valence-corrected chi connectivity index (χ0v) is 12.6. The van der Waals surface area contributed by atoms with E-state index in [0.29, 0.717) is 6.04 Å². The number of hydrogen-bond acceptors (Lipinski definition) is 4. The van der Waals surface area contributed by atoms with Gasteiger partial charge in [-0.2, -0.15) is 10.2 Å². The molecule has 0 radical (unpaired) electrons. The summed E-state index contributed by atoms with van der Waals surface area (Å²) in [6.07, 6.45) is 10.8. The lowest BCUT2D eigenvalue weighted by atomic mass is 10.1. The standard InChI is InChI=1S/C15H24N6/c1-2-8-16-14(15-17-11-18-19-15)10-12-7-9-21(20-12)13-5-3-4-6-13/h7,9,11,13-14,16H,2-6,8,10H2,1H3,(H,17,18,19). The Morgan fingerprint density at radius 1 is 1.43 bits per heavy atom. The van der Waals surface area contributed by atoms with E-state index in [2.05, 4.69) is 44.4 Å². The summed E-state index contributed by atoms with van der Waals surface area (Å²) in [5.74, 6) is 0.888. The fourth-order valence-corrected chi connectivity index (χ4v) is 3.03. The molecule has 2 aromatic heterocycles. The van der Waals surface area contributed by atoms with E-state index in [1.54, 1.807) is 6.33 Å². The molecular formula is C15H24N6. The van der Waals surface area contributed by atoms with E-state index in [1.165, 1.54) is 25.7 Å². The molecular weight excluding hydrogens is 264 g/mol. The van der Waals surface area contributed by atoms with E-state index in [1.807, 2.05) is 0 Å². The van der Waals surface area contributed by atoms with Crippen molar-refractivity contribution in [2.24, 2.45) is 0 Å². The third kappa shape index (κ3) is 3.50. The van der Waals surface area contributed by atoms with Crippen molar-refractivity contribution in [2.75, 3.05) is 6.54 Å². The number of aromatic amines is 1. The Bertz CT molecular complexity index is 526. The molecule has 1 fully saturated rings. The minimum absolute atomic E-state index is 0.152. The van der Waals surface area contributed by atoms with Crippen molar-refractivity contribution in [1.29, 1.82) is 0 Å². The van der Waals surface area contributed by atoms with Gasteiger partial charge >= 0.3 is 0 Å². The van der Waals surface area contributed by atoms with Crippen molar-refractivity contribution in [3.8, 4) is 0 Å². The highest BCUT2D eigenvalue weighted by Gasteiger charge is 2.19. The Hall–Kier alpha value is -1.69. The van der Waals surface area contributed by atoms with Crippen LogP contribution in [-0.4, -0.2) is 31.5 Å². The van der Waals surface area contributed by atoms with E-state index in [9.17, 15) is 0 Å². The second-order valence-corrected chi connectivity index (χ2v) is 5.81. The summed E-state index contributed by atoms with van der Waals surface area (Å²) in [6.45, 7) is 3.13. The molecule has 1 atom stereocenters. The van der Waals surface area contributed by atoms with Crippen LogP contribution in [0.3, 0.4) is 0 Å². The molecule has 0 aliphatic heterocycles. The lowest BCUT2D eigenvalue weighted by molar-refractivity contribution is 0.453. The quantitative estimate of drug-likeness (QED) is 0.820. The minimum atomic E-state index is 0.152. The van der Waals surface area contributed by atoms with Gasteiger partial charge < -0.3 is 5.32 Å². The molecule has 6 heteroatoms. The maximum absolute atomic E-state index is 4.76. The van der Waals surface area contributed by atoms with E-state index in [-0.39, 0.29) is 6.04 Å². The molecule has 6 nitrogen and oxygen atoms in total. The summed E-state index contributed by atoms with van der Waals surface area (Å²) in [5.41, 5.74) is 1.12. The topological polar surface area (TPSA) is 71.4 Å². The van der Waals surface area contributed by atoms with Gasteiger partial charge in [0.1, 0.15) is 12.2 Å². The molecule has 3 rings (SSSR count). The summed E-state index contributed by atoms with van der Waals surface area (Å²) in [5, 5.41) is 15.2. The van der Waals surface area contributed by atoms with Crippen LogP contribution in [-0.2, 0) is 6.42 Å². The number of aromatic nitrogens is 5. The Labute approximate surface area is 125 Å². The zero-order valence-electron chi connectivity index (χ0n) is 12.6. The monoisotopic (exact) mass is 288 g/mol. The van der Waals surface area contributed by atoms with Gasteiger partial charge in [-0.3, -0.25) is 9.78 Å². The van der Waals surface area contributed by atoms with Crippen LogP contribution in [0, 0.1) is 0 Å². The second kappa shape index (κ2) is 6.85. The molecule has 2 heterocycles. The lowest BCUT2D eigenvalue weighted by Crippen LogP contribution is -2.25. The molecule has 114 valence electrons. The van der Waals surface area contributed by atoms with Crippen LogP contribution in [0.5, 0.6) is 0 Å². The van der Waals surface area contributed by atoms with Crippen LogP contribution in [0.15, 0.2) is 18.6 Å². The van der Waals surface area contributed by atoms with Crippen molar-refractivity contribution >= 4 is 0 Å². The van der Waals surface area contributed by atoms with Gasteiger partial charge in [0, 0.05) is 12.6 Å². The van der Waals surface area contributed by atoms with Crippen molar-refractivity contribution in [3.63, 3.8) is 0 Å². The first-order valence-corrected chi connectivity index (χ1v) is 7.99. The van der Waals surface area contributed by atoms with Crippen molar-refractivity contribution in [3.05, 3.63) is 30.1 Å².